The average Bonchev–Trinajstić information content (AvgIpc) is 2.60. The highest BCUT2D eigenvalue weighted by Gasteiger charge is 2.33. The number of carbonyl (C=O) groups excluding carboxylic acids is 3. The maximum atomic E-state index is 13.1. The van der Waals surface area contributed by atoms with Crippen LogP contribution in [-0.4, -0.2) is 37.9 Å². The predicted octanol–water partition coefficient (Wildman–Crippen LogP) is 2.28. The van der Waals surface area contributed by atoms with Crippen LogP contribution in [0.2, 0.25) is 18.1 Å². The van der Waals surface area contributed by atoms with Crippen molar-refractivity contribution >= 4 is 25.8 Å². The van der Waals surface area contributed by atoms with Crippen LogP contribution in [0.3, 0.4) is 0 Å². The summed E-state index contributed by atoms with van der Waals surface area (Å²) < 4.78 is 13.1. The van der Waals surface area contributed by atoms with Crippen LogP contribution in [-0.2, 0) is 20.8 Å². The van der Waals surface area contributed by atoms with Gasteiger partial charge in [-0.25, -0.2) is 4.39 Å². The second-order valence-electron chi connectivity index (χ2n) is 8.93. The van der Waals surface area contributed by atoms with E-state index in [2.05, 4.69) is 56.0 Å². The molecule has 0 aromatic heterocycles. The molecule has 1 rings (SSSR count). The molecule has 6 nitrogen and oxygen atoms in total. The molecule has 0 saturated heterocycles. The van der Waals surface area contributed by atoms with Crippen LogP contribution in [0.15, 0.2) is 24.3 Å². The van der Waals surface area contributed by atoms with Gasteiger partial charge in [0.05, 0.1) is 0 Å². The lowest BCUT2D eigenvalue weighted by molar-refractivity contribution is -0.130. The van der Waals surface area contributed by atoms with Crippen LogP contribution in [0.1, 0.15) is 39.7 Å². The van der Waals surface area contributed by atoms with Gasteiger partial charge in [-0.1, -0.05) is 46.0 Å². The van der Waals surface area contributed by atoms with Crippen molar-refractivity contribution < 1.29 is 18.8 Å². The third-order valence-electron chi connectivity index (χ3n) is 5.29. The molecule has 0 radical (unpaired) electrons. The third kappa shape index (κ3) is 7.99. The van der Waals surface area contributed by atoms with E-state index in [-0.39, 0.29) is 17.9 Å². The Bertz CT molecular complexity index is 836. The number of benzene rings is 1. The molecule has 3 amide bonds. The summed E-state index contributed by atoms with van der Waals surface area (Å²) in [6, 6.07) is 3.73. The second kappa shape index (κ2) is 10.4. The number of carbonyl (C=O) groups is 3. The van der Waals surface area contributed by atoms with E-state index in [1.807, 2.05) is 0 Å². The van der Waals surface area contributed by atoms with Gasteiger partial charge in [-0.2, -0.15) is 0 Å². The Morgan fingerprint density at radius 3 is 2.13 bits per heavy atom. The first-order valence-corrected chi connectivity index (χ1v) is 12.8. The van der Waals surface area contributed by atoms with E-state index in [4.69, 9.17) is 5.73 Å². The highest BCUT2D eigenvalue weighted by molar-refractivity contribution is 6.87. The zero-order valence-electron chi connectivity index (χ0n) is 18.6. The number of amides is 3. The lowest BCUT2D eigenvalue weighted by atomic mass is 10.0. The van der Waals surface area contributed by atoms with Gasteiger partial charge in [0.1, 0.15) is 26.0 Å². The molecule has 0 saturated carbocycles. The standard InChI is InChI=1S/C22H32FN3O3Si/c1-15(27)25-19(14-16-9-11-17(23)12-10-16)21(29)26-18(20(24)28)8-7-13-30(5,6)22(2,3)4/h9-12,18-19H,8,14H2,1-6H3,(H2,24,28)(H,25,27)(H,26,29)/t18-,19-/m0/s1. The number of hydrogen-bond acceptors (Lipinski definition) is 3. The molecule has 0 aliphatic heterocycles. The number of primary amides is 1. The smallest absolute Gasteiger partial charge is 0.243 e. The quantitative estimate of drug-likeness (QED) is 0.454. The van der Waals surface area contributed by atoms with E-state index in [0.29, 0.717) is 5.56 Å². The minimum atomic E-state index is -1.86. The molecule has 0 unspecified atom stereocenters. The van der Waals surface area contributed by atoms with E-state index in [1.165, 1.54) is 31.2 Å². The molecule has 0 aliphatic carbocycles. The molecule has 0 heterocycles. The molecule has 1 aromatic rings. The fourth-order valence-electron chi connectivity index (χ4n) is 2.37. The number of hydrogen-bond donors (Lipinski definition) is 3. The molecular weight excluding hydrogens is 401 g/mol. The summed E-state index contributed by atoms with van der Waals surface area (Å²) in [7, 11) is -1.86. The number of nitrogens with one attached hydrogen (secondary N) is 2. The lowest BCUT2D eigenvalue weighted by Gasteiger charge is -2.31. The average molecular weight is 434 g/mol. The lowest BCUT2D eigenvalue weighted by Crippen LogP contribution is -2.53. The molecule has 164 valence electrons. The van der Waals surface area contributed by atoms with Gasteiger partial charge in [0.25, 0.3) is 0 Å². The van der Waals surface area contributed by atoms with Crippen molar-refractivity contribution in [2.45, 2.75) is 70.8 Å². The third-order valence-corrected chi connectivity index (χ3v) is 9.84. The zero-order chi connectivity index (χ0) is 23.1. The Kier molecular flexibility index (Phi) is 8.79. The number of nitrogens with two attached hydrogens (primary N) is 1. The topological polar surface area (TPSA) is 101 Å². The molecule has 1 aromatic carbocycles. The van der Waals surface area contributed by atoms with Crippen molar-refractivity contribution in [3.05, 3.63) is 35.6 Å². The summed E-state index contributed by atoms with van der Waals surface area (Å²) in [6.45, 7) is 12.0. The first kappa shape index (κ1) is 25.4. The minimum Gasteiger partial charge on any atom is -0.368 e. The van der Waals surface area contributed by atoms with Crippen LogP contribution >= 0.6 is 0 Å². The molecule has 0 bridgehead atoms. The van der Waals surface area contributed by atoms with Gasteiger partial charge in [-0.05, 0) is 22.7 Å². The molecule has 0 aliphatic rings. The summed E-state index contributed by atoms with van der Waals surface area (Å²) in [5.41, 5.74) is 9.41. The van der Waals surface area contributed by atoms with Crippen LogP contribution in [0.25, 0.3) is 0 Å². The van der Waals surface area contributed by atoms with Gasteiger partial charge < -0.3 is 16.4 Å². The van der Waals surface area contributed by atoms with Gasteiger partial charge in [0.15, 0.2) is 0 Å². The first-order chi connectivity index (χ1) is 13.7. The first-order valence-electron chi connectivity index (χ1n) is 9.84. The molecule has 0 spiro atoms. The maximum absolute atomic E-state index is 13.1. The van der Waals surface area contributed by atoms with Crippen molar-refractivity contribution in [3.63, 3.8) is 0 Å². The second-order valence-corrected chi connectivity index (χ2v) is 13.9. The molecule has 8 heteroatoms. The van der Waals surface area contributed by atoms with Crippen LogP contribution < -0.4 is 16.4 Å². The van der Waals surface area contributed by atoms with Gasteiger partial charge in [0.2, 0.25) is 17.7 Å². The monoisotopic (exact) mass is 433 g/mol. The normalized spacial score (nSPS) is 13.4. The van der Waals surface area contributed by atoms with Gasteiger partial charge in [-0.3, -0.25) is 14.4 Å². The van der Waals surface area contributed by atoms with Gasteiger partial charge >= 0.3 is 0 Å². The van der Waals surface area contributed by atoms with Crippen molar-refractivity contribution in [1.82, 2.24) is 10.6 Å². The van der Waals surface area contributed by atoms with Crippen molar-refractivity contribution in [3.8, 4) is 11.5 Å². The van der Waals surface area contributed by atoms with E-state index in [9.17, 15) is 18.8 Å². The molecule has 4 N–H and O–H groups in total. The van der Waals surface area contributed by atoms with Crippen LogP contribution in [0.5, 0.6) is 0 Å². The predicted molar refractivity (Wildman–Crippen MR) is 118 cm³/mol. The van der Waals surface area contributed by atoms with E-state index in [1.54, 1.807) is 0 Å². The Morgan fingerprint density at radius 2 is 1.67 bits per heavy atom. The van der Waals surface area contributed by atoms with E-state index in [0.717, 1.165) is 0 Å². The molecule has 2 atom stereocenters. The summed E-state index contributed by atoms with van der Waals surface area (Å²) in [6.07, 6.45) is 0.240. The largest absolute Gasteiger partial charge is 0.368 e. The van der Waals surface area contributed by atoms with Crippen molar-refractivity contribution in [2.75, 3.05) is 0 Å². The maximum Gasteiger partial charge on any atom is 0.243 e. The fraction of sp³-hybridized carbons (Fsp3) is 0.500. The summed E-state index contributed by atoms with van der Waals surface area (Å²) >= 11 is 0. The van der Waals surface area contributed by atoms with E-state index < -0.39 is 43.7 Å². The summed E-state index contributed by atoms with van der Waals surface area (Å²) in [5, 5.41) is 5.22. The zero-order valence-corrected chi connectivity index (χ0v) is 19.6. The highest BCUT2D eigenvalue weighted by Crippen LogP contribution is 2.35. The van der Waals surface area contributed by atoms with Crippen molar-refractivity contribution in [1.29, 1.82) is 0 Å². The van der Waals surface area contributed by atoms with Gasteiger partial charge in [0, 0.05) is 19.8 Å². The Hall–Kier alpha value is -2.66. The summed E-state index contributed by atoms with van der Waals surface area (Å²) in [4.78, 5) is 36.1. The highest BCUT2D eigenvalue weighted by atomic mass is 28.3. The Balaban J connectivity index is 2.93. The molecular formula is C22H32FN3O3Si. The SMILES string of the molecule is CC(=O)N[C@@H](Cc1ccc(F)cc1)C(=O)N[C@@H](CC#C[Si](C)(C)C(C)(C)C)C(N)=O. The Labute approximate surface area is 179 Å². The van der Waals surface area contributed by atoms with Crippen molar-refractivity contribution in [2.24, 2.45) is 5.73 Å². The number of rotatable bonds is 7. The Morgan fingerprint density at radius 1 is 1.10 bits per heavy atom. The minimum absolute atomic E-state index is 0.0666. The van der Waals surface area contributed by atoms with Crippen LogP contribution in [0.4, 0.5) is 4.39 Å². The number of halogens is 1. The van der Waals surface area contributed by atoms with Crippen LogP contribution in [0, 0.1) is 17.3 Å². The summed E-state index contributed by atoms with van der Waals surface area (Å²) in [5.74, 6) is 0.983. The fourth-order valence-corrected chi connectivity index (χ4v) is 3.29. The molecule has 0 fully saturated rings. The van der Waals surface area contributed by atoms with E-state index >= 15 is 0 Å². The molecule has 30 heavy (non-hydrogen) atoms. The van der Waals surface area contributed by atoms with Gasteiger partial charge in [-0.15, -0.1) is 11.5 Å².